The topological polar surface area (TPSA) is 166 Å². The van der Waals surface area contributed by atoms with Gasteiger partial charge in [0, 0.05) is 6.54 Å². The van der Waals surface area contributed by atoms with Crippen LogP contribution in [-0.2, 0) is 11.3 Å². The third-order valence-electron chi connectivity index (χ3n) is 4.87. The van der Waals surface area contributed by atoms with Gasteiger partial charge in [-0.05, 0) is 17.7 Å². The number of fused-ring (bicyclic) bond motifs is 1. The summed E-state index contributed by atoms with van der Waals surface area (Å²) in [6.45, 7) is -0.151. The molecular formula is C18H21N5O6. The van der Waals surface area contributed by atoms with Crippen LogP contribution in [0.25, 0.3) is 11.5 Å². The fraction of sp³-hybridized carbons (Fsp3) is 0.389. The van der Waals surface area contributed by atoms with E-state index < -0.39 is 37.3 Å². The summed E-state index contributed by atoms with van der Waals surface area (Å²) in [5.74, 6) is 0.924. The number of phenols is 1. The number of aliphatic hydroxyl groups excluding tert-OH is 4. The van der Waals surface area contributed by atoms with Gasteiger partial charge in [0.25, 0.3) is 0 Å². The number of aromatic nitrogens is 4. The fourth-order valence-electron chi connectivity index (χ4n) is 3.33. The van der Waals surface area contributed by atoms with Crippen LogP contribution in [0.1, 0.15) is 11.8 Å². The first-order valence-corrected chi connectivity index (χ1v) is 8.99. The first-order valence-electron chi connectivity index (χ1n) is 8.99. The van der Waals surface area contributed by atoms with Gasteiger partial charge in [0.1, 0.15) is 42.8 Å². The van der Waals surface area contributed by atoms with Crippen molar-refractivity contribution in [2.45, 2.75) is 37.2 Å². The Bertz CT molecular complexity index is 950. The number of phenolic OH excluding ortho intramolecular Hbond substituents is 1. The lowest BCUT2D eigenvalue weighted by molar-refractivity contribution is -0.251. The second kappa shape index (κ2) is 7.89. The first kappa shape index (κ1) is 19.5. The van der Waals surface area contributed by atoms with Gasteiger partial charge in [-0.2, -0.15) is 0 Å². The smallest absolute Gasteiger partial charge is 0.167 e. The van der Waals surface area contributed by atoms with Crippen molar-refractivity contribution < 1.29 is 30.3 Å². The van der Waals surface area contributed by atoms with Crippen LogP contribution in [0.15, 0.2) is 36.9 Å². The Hall–Kier alpha value is -2.83. The van der Waals surface area contributed by atoms with Gasteiger partial charge in [-0.15, -0.1) is 0 Å². The van der Waals surface area contributed by atoms with E-state index in [2.05, 4.69) is 20.3 Å². The first-order chi connectivity index (χ1) is 14.0. The molecule has 1 aromatic carbocycles. The highest BCUT2D eigenvalue weighted by molar-refractivity contribution is 5.67. The number of aromatic hydroxyl groups is 1. The molecule has 1 saturated heterocycles. The zero-order chi connectivity index (χ0) is 20.5. The molecule has 0 spiro atoms. The molecule has 3 aliphatic rings. The third kappa shape index (κ3) is 3.61. The van der Waals surface area contributed by atoms with E-state index in [0.717, 1.165) is 5.56 Å². The summed E-state index contributed by atoms with van der Waals surface area (Å²) < 4.78 is 6.97. The molecule has 3 heterocycles. The fourth-order valence-corrected chi connectivity index (χ4v) is 3.33. The Morgan fingerprint density at radius 3 is 2.66 bits per heavy atom. The Morgan fingerprint density at radius 1 is 1.07 bits per heavy atom. The summed E-state index contributed by atoms with van der Waals surface area (Å²) in [4.78, 5) is 12.7. The second-order valence-corrected chi connectivity index (χ2v) is 6.79. The third-order valence-corrected chi connectivity index (χ3v) is 4.87. The minimum Gasteiger partial charge on any atom is -0.508 e. The molecule has 6 N–H and O–H groups in total. The lowest BCUT2D eigenvalue weighted by atomic mass is 9.98. The zero-order valence-electron chi connectivity index (χ0n) is 15.2. The molecule has 4 rings (SSSR count). The quantitative estimate of drug-likeness (QED) is 0.313. The maximum absolute atomic E-state index is 10.4. The number of nitrogens with zero attached hydrogens (tertiary/aromatic N) is 4. The number of benzene rings is 1. The van der Waals surface area contributed by atoms with E-state index in [1.807, 2.05) is 6.07 Å². The molecule has 1 unspecified atom stereocenters. The van der Waals surface area contributed by atoms with Gasteiger partial charge >= 0.3 is 0 Å². The number of nitrogens with one attached hydrogen (secondary N) is 1. The van der Waals surface area contributed by atoms with Crippen molar-refractivity contribution in [1.82, 2.24) is 19.5 Å². The van der Waals surface area contributed by atoms with Crippen molar-refractivity contribution in [3.63, 3.8) is 0 Å². The largest absolute Gasteiger partial charge is 0.508 e. The van der Waals surface area contributed by atoms with Crippen molar-refractivity contribution in [2.24, 2.45) is 0 Å². The average molecular weight is 403 g/mol. The summed E-state index contributed by atoms with van der Waals surface area (Å²) >= 11 is 0. The molecular weight excluding hydrogens is 382 g/mol. The van der Waals surface area contributed by atoms with Crippen molar-refractivity contribution >= 4 is 5.82 Å². The molecule has 0 amide bonds. The molecule has 154 valence electrons. The van der Waals surface area contributed by atoms with Crippen LogP contribution < -0.4 is 5.32 Å². The normalized spacial score (nSPS) is 27.2. The number of imidazole rings is 1. The maximum Gasteiger partial charge on any atom is 0.167 e. The molecule has 1 aromatic rings. The van der Waals surface area contributed by atoms with Crippen molar-refractivity contribution in [2.75, 3.05) is 11.9 Å². The molecule has 11 heteroatoms. The minimum atomic E-state index is -1.51. The standard InChI is InChI=1S/C18H21N5O6/c24-6-11-13(26)14(27)15(28)18(29-11)23-8-22-16(12-17(23)21-7-20-12)19-5-9-2-1-3-10(25)4-9/h1-4,7-8,11,13-15,18-19,24-28H,5-6H2/t11-,13-,14+,15-,18?/m1/s1. The highest BCUT2D eigenvalue weighted by Crippen LogP contribution is 2.33. The highest BCUT2D eigenvalue weighted by atomic mass is 16.6. The van der Waals surface area contributed by atoms with E-state index in [9.17, 15) is 25.5 Å². The SMILES string of the molecule is OC[C@H]1OC(n2cnc(NCc3cccc(O)c3)c3ncnc2-3)[C@H](O)[C@@H](O)[C@@H]1O. The summed E-state index contributed by atoms with van der Waals surface area (Å²) in [5, 5.41) is 52.5. The van der Waals surface area contributed by atoms with Crippen LogP contribution in [0.2, 0.25) is 0 Å². The van der Waals surface area contributed by atoms with Gasteiger partial charge in [-0.25, -0.2) is 15.0 Å². The number of aliphatic hydroxyl groups is 4. The molecule has 5 atom stereocenters. The van der Waals surface area contributed by atoms with E-state index in [-0.39, 0.29) is 5.75 Å². The van der Waals surface area contributed by atoms with Crippen LogP contribution in [0.4, 0.5) is 5.82 Å². The number of ether oxygens (including phenoxy) is 1. The van der Waals surface area contributed by atoms with Gasteiger partial charge < -0.3 is 35.6 Å². The van der Waals surface area contributed by atoms with Crippen molar-refractivity contribution in [1.29, 1.82) is 0 Å². The molecule has 11 nitrogen and oxygen atoms in total. The van der Waals surface area contributed by atoms with E-state index in [1.54, 1.807) is 18.2 Å². The molecule has 3 aliphatic heterocycles. The molecule has 29 heavy (non-hydrogen) atoms. The van der Waals surface area contributed by atoms with Crippen LogP contribution in [0.5, 0.6) is 5.75 Å². The Balaban J connectivity index is 1.61. The monoisotopic (exact) mass is 403 g/mol. The Morgan fingerprint density at radius 2 is 1.90 bits per heavy atom. The highest BCUT2D eigenvalue weighted by Gasteiger charge is 2.45. The van der Waals surface area contributed by atoms with Gasteiger partial charge in [-0.1, -0.05) is 12.1 Å². The van der Waals surface area contributed by atoms with Gasteiger partial charge in [-0.3, -0.25) is 4.57 Å². The van der Waals surface area contributed by atoms with Crippen LogP contribution in [-0.4, -0.2) is 76.1 Å². The number of hydrogen-bond donors (Lipinski definition) is 6. The zero-order valence-corrected chi connectivity index (χ0v) is 15.2. The average Bonchev–Trinajstić information content (AvgIpc) is 3.21. The van der Waals surface area contributed by atoms with E-state index >= 15 is 0 Å². The number of anilines is 1. The van der Waals surface area contributed by atoms with Gasteiger partial charge in [0.2, 0.25) is 0 Å². The maximum atomic E-state index is 10.4. The van der Waals surface area contributed by atoms with Crippen molar-refractivity contribution in [3.05, 3.63) is 42.5 Å². The Kier molecular flexibility index (Phi) is 5.30. The second-order valence-electron chi connectivity index (χ2n) is 6.79. The van der Waals surface area contributed by atoms with Crippen LogP contribution in [0.3, 0.4) is 0 Å². The molecule has 0 aliphatic carbocycles. The lowest BCUT2D eigenvalue weighted by Gasteiger charge is -2.41. The molecule has 1 fully saturated rings. The van der Waals surface area contributed by atoms with E-state index in [1.165, 1.54) is 17.2 Å². The van der Waals surface area contributed by atoms with E-state index in [0.29, 0.717) is 23.9 Å². The minimum absolute atomic E-state index is 0.157. The van der Waals surface area contributed by atoms with Crippen LogP contribution >= 0.6 is 0 Å². The number of rotatable bonds is 5. The predicted octanol–water partition coefficient (Wildman–Crippen LogP) is -0.932. The summed E-state index contributed by atoms with van der Waals surface area (Å²) in [6, 6.07) is 6.78. The summed E-state index contributed by atoms with van der Waals surface area (Å²) in [5.41, 5.74) is 1.25. The summed E-state index contributed by atoms with van der Waals surface area (Å²) in [6.07, 6.45) is -3.92. The predicted molar refractivity (Wildman–Crippen MR) is 98.9 cm³/mol. The lowest BCUT2D eigenvalue weighted by Crippen LogP contribution is -2.56. The van der Waals surface area contributed by atoms with E-state index in [4.69, 9.17) is 4.74 Å². The molecule has 0 saturated carbocycles. The van der Waals surface area contributed by atoms with Crippen LogP contribution in [0, 0.1) is 0 Å². The molecule has 0 bridgehead atoms. The molecule has 0 aromatic heterocycles. The van der Waals surface area contributed by atoms with Crippen molar-refractivity contribution in [3.8, 4) is 17.3 Å². The van der Waals surface area contributed by atoms with Gasteiger partial charge in [0.05, 0.1) is 6.61 Å². The Labute approximate surface area is 165 Å². The summed E-state index contributed by atoms with van der Waals surface area (Å²) in [7, 11) is 0. The number of hydrogen-bond acceptors (Lipinski definition) is 10. The molecule has 0 radical (unpaired) electrons. The van der Waals surface area contributed by atoms with Gasteiger partial charge in [0.15, 0.2) is 23.6 Å².